The molecular formula is C10H10N2O2S2Sr+2. The number of nitrogens with zero attached hydrogens (tertiary/aromatic N) is 2. The van der Waals surface area contributed by atoms with E-state index < -0.39 is 0 Å². The van der Waals surface area contributed by atoms with E-state index in [0.29, 0.717) is 9.28 Å². The standard InChI is InChI=1S/2C5H5NOS.Sr/c2*7-6-4-2-1-3-5(6)8;/h2*1-4,7H;/q;;+2. The number of pyridine rings is 2. The smallest absolute Gasteiger partial charge is 0.428 e. The van der Waals surface area contributed by atoms with E-state index in [9.17, 15) is 0 Å². The van der Waals surface area contributed by atoms with Gasteiger partial charge in [0, 0.05) is 12.4 Å². The minimum absolute atomic E-state index is 0. The van der Waals surface area contributed by atoms with Crippen LogP contribution < -0.4 is 0 Å². The summed E-state index contributed by atoms with van der Waals surface area (Å²) in [6.45, 7) is 0. The van der Waals surface area contributed by atoms with Crippen LogP contribution in [0, 0.1) is 9.28 Å². The minimum Gasteiger partial charge on any atom is -0.428 e. The Morgan fingerprint density at radius 3 is 1.29 bits per heavy atom. The molecule has 0 saturated carbocycles. The van der Waals surface area contributed by atoms with Gasteiger partial charge in [0.25, 0.3) is 0 Å². The van der Waals surface area contributed by atoms with Gasteiger partial charge in [0.1, 0.15) is 9.28 Å². The Labute approximate surface area is 146 Å². The Morgan fingerprint density at radius 1 is 0.765 bits per heavy atom. The molecule has 2 rings (SSSR count). The molecule has 0 bridgehead atoms. The maximum Gasteiger partial charge on any atom is 2.00 e. The van der Waals surface area contributed by atoms with Gasteiger partial charge in [0.15, 0.2) is 0 Å². The third kappa shape index (κ3) is 6.35. The van der Waals surface area contributed by atoms with Crippen molar-refractivity contribution in [2.24, 2.45) is 0 Å². The summed E-state index contributed by atoms with van der Waals surface area (Å²) in [5, 5.41) is 17.5. The van der Waals surface area contributed by atoms with Crippen LogP contribution >= 0.6 is 24.4 Å². The summed E-state index contributed by atoms with van der Waals surface area (Å²) in [7, 11) is 0. The summed E-state index contributed by atoms with van der Waals surface area (Å²) in [4.78, 5) is 0. The first-order valence-corrected chi connectivity index (χ1v) is 5.17. The molecule has 7 heteroatoms. The van der Waals surface area contributed by atoms with Crippen molar-refractivity contribution in [3.05, 3.63) is 58.1 Å². The first-order chi connectivity index (χ1) is 7.61. The molecule has 0 aliphatic rings. The second-order valence-electron chi connectivity index (χ2n) is 2.77. The Hall–Kier alpha value is -0.179. The zero-order chi connectivity index (χ0) is 12.0. The molecule has 0 fully saturated rings. The molecule has 0 saturated heterocycles. The van der Waals surface area contributed by atoms with Gasteiger partial charge in [-0.15, -0.1) is 0 Å². The molecule has 17 heavy (non-hydrogen) atoms. The van der Waals surface area contributed by atoms with Crippen molar-refractivity contribution in [3.8, 4) is 0 Å². The molecule has 2 N–H and O–H groups in total. The second kappa shape index (κ2) is 8.85. The zero-order valence-corrected chi connectivity index (χ0v) is 14.0. The van der Waals surface area contributed by atoms with E-state index in [2.05, 4.69) is 24.4 Å². The van der Waals surface area contributed by atoms with Crippen LogP contribution in [-0.2, 0) is 0 Å². The molecule has 2 heterocycles. The van der Waals surface area contributed by atoms with Gasteiger partial charge in [0.05, 0.1) is 0 Å². The van der Waals surface area contributed by atoms with Crippen LogP contribution in [-0.4, -0.2) is 65.4 Å². The Bertz CT molecular complexity index is 517. The van der Waals surface area contributed by atoms with Gasteiger partial charge in [-0.2, -0.15) is 9.46 Å². The van der Waals surface area contributed by atoms with Gasteiger partial charge in [-0.25, -0.2) is 0 Å². The van der Waals surface area contributed by atoms with E-state index in [1.165, 1.54) is 12.4 Å². The third-order valence-corrected chi connectivity index (χ3v) is 2.25. The van der Waals surface area contributed by atoms with Crippen molar-refractivity contribution in [1.82, 2.24) is 9.46 Å². The molecule has 0 amide bonds. The van der Waals surface area contributed by atoms with Crippen molar-refractivity contribution < 1.29 is 10.4 Å². The maximum atomic E-state index is 8.73. The quantitative estimate of drug-likeness (QED) is 0.439. The predicted octanol–water partition coefficient (Wildman–Crippen LogP) is 2.53. The molecule has 0 aliphatic carbocycles. The average molecular weight is 342 g/mol. The molecular weight excluding hydrogens is 332 g/mol. The van der Waals surface area contributed by atoms with Crippen LogP contribution in [0.5, 0.6) is 0 Å². The van der Waals surface area contributed by atoms with E-state index in [4.69, 9.17) is 10.4 Å². The normalized spacial score (nSPS) is 8.47. The van der Waals surface area contributed by atoms with Crippen molar-refractivity contribution in [1.29, 1.82) is 0 Å². The molecule has 0 spiro atoms. The van der Waals surface area contributed by atoms with Gasteiger partial charge >= 0.3 is 45.5 Å². The Morgan fingerprint density at radius 2 is 1.12 bits per heavy atom. The first kappa shape index (κ1) is 16.8. The summed E-state index contributed by atoms with van der Waals surface area (Å²) in [5.41, 5.74) is 0. The van der Waals surface area contributed by atoms with Crippen molar-refractivity contribution >= 4 is 69.9 Å². The molecule has 0 radical (unpaired) electrons. The van der Waals surface area contributed by atoms with Gasteiger partial charge < -0.3 is 10.4 Å². The molecule has 2 aromatic heterocycles. The molecule has 84 valence electrons. The molecule has 0 aromatic carbocycles. The number of hydrogen-bond acceptors (Lipinski definition) is 4. The van der Waals surface area contributed by atoms with Crippen LogP contribution in [0.3, 0.4) is 0 Å². The summed E-state index contributed by atoms with van der Waals surface area (Å²) in [6, 6.07) is 10.3. The molecule has 0 unspecified atom stereocenters. The second-order valence-corrected chi connectivity index (χ2v) is 3.60. The number of hydrogen-bond donors (Lipinski definition) is 2. The molecule has 2 aromatic rings. The van der Waals surface area contributed by atoms with Gasteiger partial charge in [-0.05, 0) is 24.3 Å². The molecule has 0 aliphatic heterocycles. The SMILES string of the molecule is On1ccccc1=S.On1ccccc1=S.[Sr+2]. The predicted molar refractivity (Wildman–Crippen MR) is 70.7 cm³/mol. The summed E-state index contributed by atoms with van der Waals surface area (Å²) in [5.74, 6) is 0. The fourth-order valence-corrected chi connectivity index (χ4v) is 1.12. The van der Waals surface area contributed by atoms with Crippen molar-refractivity contribution in [2.45, 2.75) is 0 Å². The number of rotatable bonds is 0. The summed E-state index contributed by atoms with van der Waals surface area (Å²) < 4.78 is 2.64. The van der Waals surface area contributed by atoms with E-state index in [-0.39, 0.29) is 45.5 Å². The van der Waals surface area contributed by atoms with Crippen molar-refractivity contribution in [2.75, 3.05) is 0 Å². The zero-order valence-electron chi connectivity index (χ0n) is 8.93. The van der Waals surface area contributed by atoms with E-state index in [1.807, 2.05) is 0 Å². The van der Waals surface area contributed by atoms with Crippen LogP contribution in [0.2, 0.25) is 0 Å². The van der Waals surface area contributed by atoms with Gasteiger partial charge in [-0.3, -0.25) is 0 Å². The third-order valence-electron chi connectivity index (χ3n) is 1.61. The average Bonchev–Trinajstić information content (AvgIpc) is 2.28. The van der Waals surface area contributed by atoms with E-state index in [1.54, 1.807) is 36.4 Å². The largest absolute Gasteiger partial charge is 2.00 e. The van der Waals surface area contributed by atoms with Crippen LogP contribution in [0.25, 0.3) is 0 Å². The van der Waals surface area contributed by atoms with Crippen LogP contribution in [0.1, 0.15) is 0 Å². The first-order valence-electron chi connectivity index (χ1n) is 4.35. The molecule has 4 nitrogen and oxygen atoms in total. The Balaban J connectivity index is 0.000000284. The number of aromatic nitrogens is 2. The summed E-state index contributed by atoms with van der Waals surface area (Å²) >= 11 is 9.33. The van der Waals surface area contributed by atoms with Gasteiger partial charge in [0.2, 0.25) is 0 Å². The molecule has 0 atom stereocenters. The Kier molecular flexibility index (Phi) is 8.75. The van der Waals surface area contributed by atoms with E-state index in [0.717, 1.165) is 9.46 Å². The van der Waals surface area contributed by atoms with Crippen LogP contribution in [0.15, 0.2) is 48.8 Å². The summed E-state index contributed by atoms with van der Waals surface area (Å²) in [6.07, 6.45) is 2.98. The van der Waals surface area contributed by atoms with Crippen molar-refractivity contribution in [3.63, 3.8) is 0 Å². The monoisotopic (exact) mass is 342 g/mol. The van der Waals surface area contributed by atoms with Crippen LogP contribution in [0.4, 0.5) is 0 Å². The van der Waals surface area contributed by atoms with E-state index >= 15 is 0 Å². The topological polar surface area (TPSA) is 50.3 Å². The maximum absolute atomic E-state index is 8.73. The minimum atomic E-state index is 0. The fourth-order valence-electron chi connectivity index (χ4n) is 0.838. The fraction of sp³-hybridized carbons (Fsp3) is 0. The van der Waals surface area contributed by atoms with Gasteiger partial charge in [-0.1, -0.05) is 36.6 Å².